The molecule has 26 heavy (non-hydrogen) atoms. The number of nitrogens with zero attached hydrogens (tertiary/aromatic N) is 3. The van der Waals surface area contributed by atoms with Crippen molar-refractivity contribution in [1.29, 1.82) is 0 Å². The van der Waals surface area contributed by atoms with Crippen LogP contribution in [-0.4, -0.2) is 31.4 Å². The first-order valence-electron chi connectivity index (χ1n) is 8.54. The molecule has 0 atom stereocenters. The van der Waals surface area contributed by atoms with Crippen LogP contribution in [0.25, 0.3) is 0 Å². The van der Waals surface area contributed by atoms with E-state index in [-0.39, 0.29) is 18.0 Å². The Morgan fingerprint density at radius 3 is 2.54 bits per heavy atom. The van der Waals surface area contributed by atoms with E-state index in [1.54, 1.807) is 18.2 Å². The Bertz CT molecular complexity index is 878. The minimum absolute atomic E-state index is 0.0479. The fourth-order valence-electron chi connectivity index (χ4n) is 2.72. The van der Waals surface area contributed by atoms with Crippen molar-refractivity contribution in [2.75, 3.05) is 5.75 Å². The number of thioether (sulfide) groups is 1. The quantitative estimate of drug-likeness (QED) is 0.617. The Morgan fingerprint density at radius 2 is 1.81 bits per heavy atom. The smallest absolute Gasteiger partial charge is 0.191 e. The molecule has 0 aliphatic carbocycles. The third-order valence-corrected chi connectivity index (χ3v) is 5.08. The molecule has 0 spiro atoms. The zero-order valence-electron chi connectivity index (χ0n) is 14.6. The summed E-state index contributed by atoms with van der Waals surface area (Å²) >= 11 is 1.39. The number of aromatic hydroxyl groups is 1. The third kappa shape index (κ3) is 4.52. The average Bonchev–Trinajstić information content (AvgIpc) is 3.04. The molecule has 3 rings (SSSR count). The van der Waals surface area contributed by atoms with Gasteiger partial charge in [0, 0.05) is 24.9 Å². The molecule has 5 nitrogen and oxygen atoms in total. The standard InChI is InChI=1S/C20H21N3O2S/c1-2-23-19(12-15-8-4-3-5-9-15)21-22-20(23)26-14-17(24)13-16-10-6-7-11-18(16)25/h3-11,25H,2,12-14H2,1H3. The molecule has 0 saturated heterocycles. The van der Waals surface area contributed by atoms with E-state index >= 15 is 0 Å². The third-order valence-electron chi connectivity index (χ3n) is 4.06. The minimum atomic E-state index is 0.0479. The van der Waals surface area contributed by atoms with Gasteiger partial charge in [-0.15, -0.1) is 10.2 Å². The molecule has 1 heterocycles. The number of rotatable bonds is 8. The van der Waals surface area contributed by atoms with E-state index in [0.717, 1.165) is 17.5 Å². The average molecular weight is 367 g/mol. The van der Waals surface area contributed by atoms with E-state index in [1.165, 1.54) is 17.3 Å². The van der Waals surface area contributed by atoms with E-state index in [2.05, 4.69) is 22.3 Å². The number of carbonyl (C=O) groups excluding carboxylic acids is 1. The Kier molecular flexibility index (Phi) is 6.07. The SMILES string of the molecule is CCn1c(Cc2ccccc2)nnc1SCC(=O)Cc1ccccc1O. The van der Waals surface area contributed by atoms with Crippen LogP contribution in [0.2, 0.25) is 0 Å². The molecule has 2 aromatic carbocycles. The zero-order chi connectivity index (χ0) is 18.4. The summed E-state index contributed by atoms with van der Waals surface area (Å²) in [5.74, 6) is 1.41. The van der Waals surface area contributed by atoms with Crippen molar-refractivity contribution in [3.05, 3.63) is 71.5 Å². The molecule has 0 unspecified atom stereocenters. The molecule has 6 heteroatoms. The highest BCUT2D eigenvalue weighted by Crippen LogP contribution is 2.21. The molecule has 0 aliphatic heterocycles. The molecule has 134 valence electrons. The first kappa shape index (κ1) is 18.2. The lowest BCUT2D eigenvalue weighted by Crippen LogP contribution is -2.08. The highest BCUT2D eigenvalue weighted by atomic mass is 32.2. The number of para-hydroxylation sites is 1. The van der Waals surface area contributed by atoms with E-state index < -0.39 is 0 Å². The van der Waals surface area contributed by atoms with Crippen LogP contribution in [-0.2, 0) is 24.2 Å². The van der Waals surface area contributed by atoms with Gasteiger partial charge in [0.05, 0.1) is 5.75 Å². The summed E-state index contributed by atoms with van der Waals surface area (Å²) in [4.78, 5) is 12.2. The summed E-state index contributed by atoms with van der Waals surface area (Å²) in [6.07, 6.45) is 0.935. The van der Waals surface area contributed by atoms with Crippen molar-refractivity contribution in [1.82, 2.24) is 14.8 Å². The highest BCUT2D eigenvalue weighted by molar-refractivity contribution is 7.99. The van der Waals surface area contributed by atoms with Crippen molar-refractivity contribution in [3.8, 4) is 5.75 Å². The number of phenolic OH excluding ortho intramolecular Hbond substituents is 1. The van der Waals surface area contributed by atoms with Gasteiger partial charge in [-0.05, 0) is 18.6 Å². The molecule has 1 N–H and O–H groups in total. The number of hydrogen-bond donors (Lipinski definition) is 1. The van der Waals surface area contributed by atoms with Crippen LogP contribution in [0, 0.1) is 0 Å². The topological polar surface area (TPSA) is 68.0 Å². The Morgan fingerprint density at radius 1 is 1.08 bits per heavy atom. The Labute approximate surface area is 157 Å². The summed E-state index contributed by atoms with van der Waals surface area (Å²) in [5.41, 5.74) is 1.83. The maximum atomic E-state index is 12.2. The number of carbonyl (C=O) groups is 1. The second kappa shape index (κ2) is 8.67. The highest BCUT2D eigenvalue weighted by Gasteiger charge is 2.14. The second-order valence-corrected chi connectivity index (χ2v) is 6.88. The molecular formula is C20H21N3O2S. The lowest BCUT2D eigenvalue weighted by Gasteiger charge is -2.07. The Hall–Kier alpha value is -2.60. The summed E-state index contributed by atoms with van der Waals surface area (Å²) in [6.45, 7) is 2.80. The lowest BCUT2D eigenvalue weighted by molar-refractivity contribution is -0.116. The number of ketones is 1. The molecule has 0 saturated carbocycles. The van der Waals surface area contributed by atoms with Gasteiger partial charge in [-0.25, -0.2) is 0 Å². The number of aromatic nitrogens is 3. The number of Topliss-reactive ketones (excluding diaryl/α,β-unsaturated/α-hetero) is 1. The van der Waals surface area contributed by atoms with E-state index in [1.807, 2.05) is 35.8 Å². The van der Waals surface area contributed by atoms with Crippen LogP contribution in [0.1, 0.15) is 23.9 Å². The predicted molar refractivity (Wildman–Crippen MR) is 102 cm³/mol. The van der Waals surface area contributed by atoms with Crippen LogP contribution in [0.3, 0.4) is 0 Å². The van der Waals surface area contributed by atoms with E-state index in [9.17, 15) is 9.90 Å². The normalized spacial score (nSPS) is 10.8. The maximum Gasteiger partial charge on any atom is 0.191 e. The zero-order valence-corrected chi connectivity index (χ0v) is 15.4. The second-order valence-electron chi connectivity index (χ2n) is 5.94. The molecule has 0 aliphatic rings. The fourth-order valence-corrected chi connectivity index (χ4v) is 3.60. The van der Waals surface area contributed by atoms with Gasteiger partial charge in [0.1, 0.15) is 17.4 Å². The van der Waals surface area contributed by atoms with Crippen LogP contribution in [0.4, 0.5) is 0 Å². The van der Waals surface area contributed by atoms with Crippen LogP contribution < -0.4 is 0 Å². The molecule has 0 bridgehead atoms. The monoisotopic (exact) mass is 367 g/mol. The summed E-state index contributed by atoms with van der Waals surface area (Å²) in [6, 6.07) is 17.1. The number of phenols is 1. The first-order valence-corrected chi connectivity index (χ1v) is 9.53. The van der Waals surface area contributed by atoms with Gasteiger partial charge in [-0.2, -0.15) is 0 Å². The summed E-state index contributed by atoms with van der Waals surface area (Å²) in [7, 11) is 0. The Balaban J connectivity index is 1.63. The number of benzene rings is 2. The summed E-state index contributed by atoms with van der Waals surface area (Å²) < 4.78 is 2.05. The molecular weight excluding hydrogens is 346 g/mol. The molecule has 1 aromatic heterocycles. The molecule has 0 amide bonds. The van der Waals surface area contributed by atoms with Crippen molar-refractivity contribution >= 4 is 17.5 Å². The minimum Gasteiger partial charge on any atom is -0.508 e. The van der Waals surface area contributed by atoms with Gasteiger partial charge >= 0.3 is 0 Å². The van der Waals surface area contributed by atoms with Crippen molar-refractivity contribution in [2.24, 2.45) is 0 Å². The van der Waals surface area contributed by atoms with Gasteiger partial charge in [-0.1, -0.05) is 60.3 Å². The molecule has 0 radical (unpaired) electrons. The number of hydrogen-bond acceptors (Lipinski definition) is 5. The summed E-state index contributed by atoms with van der Waals surface area (Å²) in [5, 5.41) is 19.1. The van der Waals surface area contributed by atoms with Crippen LogP contribution in [0.15, 0.2) is 59.8 Å². The maximum absolute atomic E-state index is 12.2. The van der Waals surface area contributed by atoms with Crippen molar-refractivity contribution < 1.29 is 9.90 Å². The van der Waals surface area contributed by atoms with Crippen molar-refractivity contribution in [3.63, 3.8) is 0 Å². The van der Waals surface area contributed by atoms with Gasteiger partial charge in [0.2, 0.25) is 0 Å². The van der Waals surface area contributed by atoms with Gasteiger partial charge in [0.15, 0.2) is 5.16 Å². The molecule has 0 fully saturated rings. The fraction of sp³-hybridized carbons (Fsp3) is 0.250. The molecule has 3 aromatic rings. The van der Waals surface area contributed by atoms with E-state index in [4.69, 9.17) is 0 Å². The van der Waals surface area contributed by atoms with Crippen LogP contribution >= 0.6 is 11.8 Å². The van der Waals surface area contributed by atoms with Crippen molar-refractivity contribution in [2.45, 2.75) is 31.5 Å². The van der Waals surface area contributed by atoms with Gasteiger partial charge < -0.3 is 9.67 Å². The predicted octanol–water partition coefficient (Wildman–Crippen LogP) is 3.50. The lowest BCUT2D eigenvalue weighted by atomic mass is 10.1. The van der Waals surface area contributed by atoms with Gasteiger partial charge in [-0.3, -0.25) is 4.79 Å². The van der Waals surface area contributed by atoms with Gasteiger partial charge in [0.25, 0.3) is 0 Å². The van der Waals surface area contributed by atoms with Crippen LogP contribution in [0.5, 0.6) is 5.75 Å². The first-order chi connectivity index (χ1) is 12.7. The van der Waals surface area contributed by atoms with E-state index in [0.29, 0.717) is 17.7 Å². The largest absolute Gasteiger partial charge is 0.508 e.